The van der Waals surface area contributed by atoms with E-state index in [2.05, 4.69) is 20.6 Å². The van der Waals surface area contributed by atoms with Gasteiger partial charge in [0.15, 0.2) is 0 Å². The van der Waals surface area contributed by atoms with Gasteiger partial charge in [-0.3, -0.25) is 14.9 Å². The Hall–Kier alpha value is -1.98. The van der Waals surface area contributed by atoms with Crippen molar-refractivity contribution in [3.63, 3.8) is 0 Å². The number of amides is 2. The molecule has 0 radical (unpaired) electrons. The topological polar surface area (TPSA) is 84.0 Å². The molecule has 19 heavy (non-hydrogen) atoms. The summed E-state index contributed by atoms with van der Waals surface area (Å²) in [6.45, 7) is 3.89. The molecular weight excluding hydrogens is 244 g/mol. The molecule has 0 saturated heterocycles. The zero-order valence-electron chi connectivity index (χ0n) is 11.4. The summed E-state index contributed by atoms with van der Waals surface area (Å²) in [6, 6.07) is 0. The first-order valence-electron chi connectivity index (χ1n) is 6.42. The molecule has 2 amide bonds. The lowest BCUT2D eigenvalue weighted by molar-refractivity contribution is -0.117. The molecular formula is C13H18N4O2. The zero-order valence-corrected chi connectivity index (χ0v) is 11.4. The van der Waals surface area contributed by atoms with Gasteiger partial charge in [0.25, 0.3) is 5.91 Å². The van der Waals surface area contributed by atoms with E-state index in [9.17, 15) is 9.59 Å². The number of nitrogens with one attached hydrogen (secondary N) is 2. The minimum Gasteiger partial charge on any atom is -0.355 e. The lowest BCUT2D eigenvalue weighted by Gasteiger charge is -2.12. The van der Waals surface area contributed by atoms with Crippen LogP contribution in [-0.2, 0) is 4.79 Å². The maximum Gasteiger partial charge on any atom is 0.254 e. The van der Waals surface area contributed by atoms with Crippen LogP contribution >= 0.6 is 0 Å². The number of aromatic nitrogens is 2. The van der Waals surface area contributed by atoms with Gasteiger partial charge >= 0.3 is 0 Å². The van der Waals surface area contributed by atoms with Gasteiger partial charge in [0.2, 0.25) is 11.9 Å². The van der Waals surface area contributed by atoms with E-state index in [4.69, 9.17) is 0 Å². The smallest absolute Gasteiger partial charge is 0.254 e. The Morgan fingerprint density at radius 1 is 1.37 bits per heavy atom. The van der Waals surface area contributed by atoms with Crippen molar-refractivity contribution in [2.75, 3.05) is 12.4 Å². The van der Waals surface area contributed by atoms with Crippen LogP contribution in [0.5, 0.6) is 0 Å². The maximum atomic E-state index is 11.7. The normalized spacial score (nSPS) is 14.3. The molecule has 0 bridgehead atoms. The lowest BCUT2D eigenvalue weighted by Crippen LogP contribution is -2.23. The first kappa shape index (κ1) is 13.5. The van der Waals surface area contributed by atoms with Crippen LogP contribution in [0.3, 0.4) is 0 Å². The second-order valence-electron chi connectivity index (χ2n) is 4.99. The highest BCUT2D eigenvalue weighted by molar-refractivity contribution is 5.96. The van der Waals surface area contributed by atoms with Gasteiger partial charge in [0.1, 0.15) is 0 Å². The van der Waals surface area contributed by atoms with Crippen molar-refractivity contribution in [2.24, 2.45) is 5.92 Å². The summed E-state index contributed by atoms with van der Waals surface area (Å²) < 4.78 is 0. The number of hydrogen-bond donors (Lipinski definition) is 2. The minimum atomic E-state index is -0.219. The zero-order chi connectivity index (χ0) is 14.0. The summed E-state index contributed by atoms with van der Waals surface area (Å²) in [7, 11) is 1.56. The van der Waals surface area contributed by atoms with E-state index in [1.165, 1.54) is 6.20 Å². The quantitative estimate of drug-likeness (QED) is 0.856. The summed E-state index contributed by atoms with van der Waals surface area (Å²) in [5, 5.41) is 5.25. The Morgan fingerprint density at radius 3 is 2.58 bits per heavy atom. The van der Waals surface area contributed by atoms with Gasteiger partial charge in [-0.1, -0.05) is 13.8 Å². The Kier molecular flexibility index (Phi) is 3.78. The molecule has 1 aromatic rings. The molecule has 1 aliphatic carbocycles. The fourth-order valence-electron chi connectivity index (χ4n) is 1.76. The molecule has 1 saturated carbocycles. The van der Waals surface area contributed by atoms with Gasteiger partial charge in [0.05, 0.1) is 11.3 Å². The molecule has 1 heterocycles. The second kappa shape index (κ2) is 5.34. The van der Waals surface area contributed by atoms with Gasteiger partial charge in [-0.25, -0.2) is 9.97 Å². The Balaban J connectivity index is 2.24. The van der Waals surface area contributed by atoms with Crippen molar-refractivity contribution in [1.82, 2.24) is 15.3 Å². The van der Waals surface area contributed by atoms with E-state index >= 15 is 0 Å². The Bertz CT molecular complexity index is 509. The predicted molar refractivity (Wildman–Crippen MR) is 70.9 cm³/mol. The van der Waals surface area contributed by atoms with E-state index in [0.29, 0.717) is 11.3 Å². The molecule has 0 aromatic carbocycles. The number of carbonyl (C=O) groups excluding carboxylic acids is 2. The monoisotopic (exact) mass is 262 g/mol. The third-order valence-corrected chi connectivity index (χ3v) is 3.02. The molecule has 0 atom stereocenters. The van der Waals surface area contributed by atoms with E-state index in [0.717, 1.165) is 12.8 Å². The molecule has 6 nitrogen and oxygen atoms in total. The second-order valence-corrected chi connectivity index (χ2v) is 4.99. The number of rotatable bonds is 4. The van der Waals surface area contributed by atoms with Crippen molar-refractivity contribution in [3.8, 4) is 0 Å². The summed E-state index contributed by atoms with van der Waals surface area (Å²) in [6.07, 6.45) is 3.32. The molecule has 2 rings (SSSR count). The van der Waals surface area contributed by atoms with Gasteiger partial charge in [-0.2, -0.15) is 0 Å². The van der Waals surface area contributed by atoms with E-state index in [-0.39, 0.29) is 29.6 Å². The van der Waals surface area contributed by atoms with Crippen molar-refractivity contribution >= 4 is 17.8 Å². The van der Waals surface area contributed by atoms with Crippen LogP contribution < -0.4 is 10.6 Å². The average molecular weight is 262 g/mol. The Morgan fingerprint density at radius 2 is 2.05 bits per heavy atom. The van der Waals surface area contributed by atoms with E-state index in [1.54, 1.807) is 7.05 Å². The van der Waals surface area contributed by atoms with Crippen LogP contribution in [-0.4, -0.2) is 28.8 Å². The average Bonchev–Trinajstić information content (AvgIpc) is 3.22. The highest BCUT2D eigenvalue weighted by Gasteiger charge is 2.30. The largest absolute Gasteiger partial charge is 0.355 e. The fraction of sp³-hybridized carbons (Fsp3) is 0.538. The molecule has 0 aliphatic heterocycles. The third kappa shape index (κ3) is 3.07. The van der Waals surface area contributed by atoms with Crippen LogP contribution in [0, 0.1) is 5.92 Å². The van der Waals surface area contributed by atoms with Gasteiger partial charge in [-0.05, 0) is 18.8 Å². The summed E-state index contributed by atoms with van der Waals surface area (Å²) in [4.78, 5) is 31.7. The standard InChI is InChI=1S/C13H18N4O2/c1-7(2)10-9(12(19)14-3)6-15-13(16-10)17-11(18)8-4-5-8/h6-8H,4-5H2,1-3H3,(H,14,19)(H,15,16,17,18). The van der Waals surface area contributed by atoms with Crippen LogP contribution in [0.4, 0.5) is 5.95 Å². The SMILES string of the molecule is CNC(=O)c1cnc(NC(=O)C2CC2)nc1C(C)C. The number of carbonyl (C=O) groups is 2. The highest BCUT2D eigenvalue weighted by atomic mass is 16.2. The molecule has 102 valence electrons. The fourth-order valence-corrected chi connectivity index (χ4v) is 1.76. The van der Waals surface area contributed by atoms with Crippen molar-refractivity contribution in [1.29, 1.82) is 0 Å². The summed E-state index contributed by atoms with van der Waals surface area (Å²) in [5.74, 6) is 0.191. The number of anilines is 1. The molecule has 1 aliphatic rings. The first-order valence-corrected chi connectivity index (χ1v) is 6.42. The predicted octanol–water partition coefficient (Wildman–Crippen LogP) is 1.31. The van der Waals surface area contributed by atoms with Crippen LogP contribution in [0.2, 0.25) is 0 Å². The van der Waals surface area contributed by atoms with Crippen LogP contribution in [0.1, 0.15) is 48.7 Å². The molecule has 0 spiro atoms. The maximum absolute atomic E-state index is 11.7. The summed E-state index contributed by atoms with van der Waals surface area (Å²) >= 11 is 0. The lowest BCUT2D eigenvalue weighted by atomic mass is 10.0. The molecule has 1 aromatic heterocycles. The molecule has 2 N–H and O–H groups in total. The van der Waals surface area contributed by atoms with Gasteiger partial charge in [0, 0.05) is 19.2 Å². The molecule has 0 unspecified atom stereocenters. The van der Waals surface area contributed by atoms with Gasteiger partial charge < -0.3 is 5.32 Å². The van der Waals surface area contributed by atoms with Crippen molar-refractivity contribution in [3.05, 3.63) is 17.5 Å². The van der Waals surface area contributed by atoms with Crippen LogP contribution in [0.25, 0.3) is 0 Å². The van der Waals surface area contributed by atoms with E-state index < -0.39 is 0 Å². The minimum absolute atomic E-state index is 0.0394. The highest BCUT2D eigenvalue weighted by Crippen LogP contribution is 2.30. The number of hydrogen-bond acceptors (Lipinski definition) is 4. The first-order chi connectivity index (χ1) is 9.02. The van der Waals surface area contributed by atoms with Crippen molar-refractivity contribution < 1.29 is 9.59 Å². The van der Waals surface area contributed by atoms with E-state index in [1.807, 2.05) is 13.8 Å². The third-order valence-electron chi connectivity index (χ3n) is 3.02. The van der Waals surface area contributed by atoms with Crippen molar-refractivity contribution in [2.45, 2.75) is 32.6 Å². The summed E-state index contributed by atoms with van der Waals surface area (Å²) in [5.41, 5.74) is 1.09. The molecule has 6 heteroatoms. The Labute approximate surface area is 112 Å². The van der Waals surface area contributed by atoms with Crippen LogP contribution in [0.15, 0.2) is 6.20 Å². The van der Waals surface area contributed by atoms with Gasteiger partial charge in [-0.15, -0.1) is 0 Å². The molecule has 1 fully saturated rings. The number of nitrogens with zero attached hydrogens (tertiary/aromatic N) is 2.